The summed E-state index contributed by atoms with van der Waals surface area (Å²) in [4.78, 5) is 0. The third kappa shape index (κ3) is 6.20. The Morgan fingerprint density at radius 3 is 2.79 bits per heavy atom. The average Bonchev–Trinajstić information content (AvgIpc) is 2.86. The summed E-state index contributed by atoms with van der Waals surface area (Å²) < 4.78 is 12.4. The van der Waals surface area contributed by atoms with E-state index in [-0.39, 0.29) is 18.3 Å². The molecule has 0 saturated carbocycles. The van der Waals surface area contributed by atoms with Crippen LogP contribution in [0.3, 0.4) is 0 Å². The molecular weight excluding hydrogens is 296 g/mol. The lowest BCUT2D eigenvalue weighted by Crippen LogP contribution is -2.33. The first-order valence-corrected chi connectivity index (χ1v) is 8.59. The van der Waals surface area contributed by atoms with Gasteiger partial charge in [-0.1, -0.05) is 73.6 Å². The quantitative estimate of drug-likeness (QED) is 0.406. The fourth-order valence-corrected chi connectivity index (χ4v) is 2.72. The molecule has 0 radical (unpaired) electrons. The van der Waals surface area contributed by atoms with Gasteiger partial charge in [0.2, 0.25) is 0 Å². The summed E-state index contributed by atoms with van der Waals surface area (Å²) in [6.07, 6.45) is 20.0. The number of terminal acetylenes is 1. The van der Waals surface area contributed by atoms with Gasteiger partial charge in [-0.3, -0.25) is 0 Å². The largest absolute Gasteiger partial charge is 0.371 e. The Balaban J connectivity index is 1.93. The van der Waals surface area contributed by atoms with Crippen LogP contribution in [-0.4, -0.2) is 18.3 Å². The molecule has 0 bridgehead atoms. The number of ether oxygens (including phenoxy) is 2. The SMILES string of the molecule is C#C/C=C\C=C\[C@H]1CC=CC[C@H]([C@H](CC)OCc2ccccc2)O1. The van der Waals surface area contributed by atoms with Crippen LogP contribution in [0.4, 0.5) is 0 Å². The van der Waals surface area contributed by atoms with Crippen LogP contribution < -0.4 is 0 Å². The van der Waals surface area contributed by atoms with E-state index in [1.165, 1.54) is 5.56 Å². The van der Waals surface area contributed by atoms with Crippen LogP contribution in [0.1, 0.15) is 31.7 Å². The molecule has 2 nitrogen and oxygen atoms in total. The number of hydrogen-bond acceptors (Lipinski definition) is 2. The Morgan fingerprint density at radius 2 is 2.04 bits per heavy atom. The predicted octanol–water partition coefficient (Wildman–Crippen LogP) is 4.83. The van der Waals surface area contributed by atoms with Gasteiger partial charge in [0.15, 0.2) is 0 Å². The minimum atomic E-state index is 0.0607. The monoisotopic (exact) mass is 322 g/mol. The molecule has 24 heavy (non-hydrogen) atoms. The van der Waals surface area contributed by atoms with E-state index in [2.05, 4.69) is 43.2 Å². The molecule has 0 spiro atoms. The molecular formula is C22H26O2. The lowest BCUT2D eigenvalue weighted by Gasteiger charge is -2.27. The fourth-order valence-electron chi connectivity index (χ4n) is 2.72. The summed E-state index contributed by atoms with van der Waals surface area (Å²) in [6.45, 7) is 2.77. The van der Waals surface area contributed by atoms with Crippen LogP contribution in [0, 0.1) is 12.3 Å². The normalized spacial score (nSPS) is 22.5. The molecule has 0 fully saturated rings. The number of rotatable bonds is 7. The van der Waals surface area contributed by atoms with E-state index in [1.807, 2.05) is 30.4 Å². The number of benzene rings is 1. The molecule has 2 rings (SSSR count). The van der Waals surface area contributed by atoms with E-state index >= 15 is 0 Å². The maximum absolute atomic E-state index is 6.27. The van der Waals surface area contributed by atoms with Crippen molar-refractivity contribution in [3.63, 3.8) is 0 Å². The zero-order valence-corrected chi connectivity index (χ0v) is 14.3. The highest BCUT2D eigenvalue weighted by Gasteiger charge is 2.24. The number of allylic oxidation sites excluding steroid dienone is 3. The Hall–Kier alpha value is -2.08. The van der Waals surface area contributed by atoms with Crippen molar-refractivity contribution in [1.29, 1.82) is 0 Å². The maximum atomic E-state index is 6.27. The van der Waals surface area contributed by atoms with Crippen LogP contribution in [-0.2, 0) is 16.1 Å². The standard InChI is InChI=1S/C22H26O2/c1-3-5-6-10-15-20-16-11-12-17-22(24-20)21(4-2)23-18-19-13-8-7-9-14-19/h1,5-15,20-22H,4,16-18H2,2H3/b6-5-,15-10+/t20-,21-,22+/m0/s1. The molecule has 0 aromatic heterocycles. The Kier molecular flexibility index (Phi) is 8.10. The predicted molar refractivity (Wildman–Crippen MR) is 99.5 cm³/mol. The first-order valence-electron chi connectivity index (χ1n) is 8.59. The van der Waals surface area contributed by atoms with E-state index in [4.69, 9.17) is 15.9 Å². The lowest BCUT2D eigenvalue weighted by molar-refractivity contribution is -0.0928. The van der Waals surface area contributed by atoms with Crippen LogP contribution in [0.15, 0.2) is 66.8 Å². The summed E-state index contributed by atoms with van der Waals surface area (Å²) in [5.74, 6) is 2.48. The molecule has 2 heteroatoms. The van der Waals surface area contributed by atoms with E-state index in [0.717, 1.165) is 19.3 Å². The van der Waals surface area contributed by atoms with E-state index in [0.29, 0.717) is 6.61 Å². The van der Waals surface area contributed by atoms with Gasteiger partial charge in [0.05, 0.1) is 24.9 Å². The second kappa shape index (κ2) is 10.6. The Labute approximate surface area is 145 Å². The highest BCUT2D eigenvalue weighted by atomic mass is 16.5. The van der Waals surface area contributed by atoms with Crippen molar-refractivity contribution >= 4 is 0 Å². The minimum absolute atomic E-state index is 0.0607. The second-order valence-electron chi connectivity index (χ2n) is 5.81. The third-order valence-corrected chi connectivity index (χ3v) is 4.01. The van der Waals surface area contributed by atoms with Gasteiger partial charge >= 0.3 is 0 Å². The molecule has 0 amide bonds. The Morgan fingerprint density at radius 1 is 1.25 bits per heavy atom. The van der Waals surface area contributed by atoms with E-state index in [9.17, 15) is 0 Å². The van der Waals surface area contributed by atoms with Gasteiger partial charge in [-0.15, -0.1) is 6.42 Å². The van der Waals surface area contributed by atoms with Crippen molar-refractivity contribution < 1.29 is 9.47 Å². The van der Waals surface area contributed by atoms with Gasteiger partial charge in [0.1, 0.15) is 0 Å². The van der Waals surface area contributed by atoms with Crippen LogP contribution in [0.5, 0.6) is 0 Å². The molecule has 3 atom stereocenters. The van der Waals surface area contributed by atoms with Crippen molar-refractivity contribution in [3.8, 4) is 12.3 Å². The molecule has 0 saturated heterocycles. The summed E-state index contributed by atoms with van der Waals surface area (Å²) in [7, 11) is 0. The van der Waals surface area contributed by atoms with Gasteiger partial charge in [0, 0.05) is 0 Å². The van der Waals surface area contributed by atoms with Crippen molar-refractivity contribution in [3.05, 3.63) is 72.4 Å². The summed E-state index contributed by atoms with van der Waals surface area (Å²) >= 11 is 0. The first kappa shape index (κ1) is 18.3. The van der Waals surface area contributed by atoms with Gasteiger partial charge in [0.25, 0.3) is 0 Å². The molecule has 1 aromatic rings. The summed E-state index contributed by atoms with van der Waals surface area (Å²) in [5.41, 5.74) is 1.19. The molecule has 1 aliphatic heterocycles. The lowest BCUT2D eigenvalue weighted by atomic mass is 10.1. The zero-order valence-electron chi connectivity index (χ0n) is 14.3. The molecule has 0 N–H and O–H groups in total. The topological polar surface area (TPSA) is 18.5 Å². The van der Waals surface area contributed by atoms with Crippen LogP contribution >= 0.6 is 0 Å². The molecule has 126 valence electrons. The van der Waals surface area contributed by atoms with Crippen molar-refractivity contribution in [2.75, 3.05) is 0 Å². The highest BCUT2D eigenvalue weighted by molar-refractivity contribution is 5.17. The van der Waals surface area contributed by atoms with Crippen LogP contribution in [0.2, 0.25) is 0 Å². The molecule has 0 unspecified atom stereocenters. The van der Waals surface area contributed by atoms with Crippen LogP contribution in [0.25, 0.3) is 0 Å². The summed E-state index contributed by atoms with van der Waals surface area (Å²) in [5, 5.41) is 0. The van der Waals surface area contributed by atoms with Gasteiger partial charge in [-0.2, -0.15) is 0 Å². The van der Waals surface area contributed by atoms with Crippen molar-refractivity contribution in [2.24, 2.45) is 0 Å². The highest BCUT2D eigenvalue weighted by Crippen LogP contribution is 2.21. The fraction of sp³-hybridized carbons (Fsp3) is 0.364. The zero-order chi connectivity index (χ0) is 17.0. The molecule has 0 aliphatic carbocycles. The molecule has 1 aromatic carbocycles. The average molecular weight is 322 g/mol. The van der Waals surface area contributed by atoms with Crippen molar-refractivity contribution in [1.82, 2.24) is 0 Å². The Bertz CT molecular complexity index is 592. The first-order chi connectivity index (χ1) is 11.8. The van der Waals surface area contributed by atoms with E-state index < -0.39 is 0 Å². The summed E-state index contributed by atoms with van der Waals surface area (Å²) in [6, 6.07) is 10.3. The second-order valence-corrected chi connectivity index (χ2v) is 5.81. The smallest absolute Gasteiger partial charge is 0.0879 e. The van der Waals surface area contributed by atoms with Gasteiger partial charge in [-0.25, -0.2) is 0 Å². The number of hydrogen-bond donors (Lipinski definition) is 0. The van der Waals surface area contributed by atoms with Gasteiger partial charge in [-0.05, 0) is 30.9 Å². The molecule has 1 heterocycles. The third-order valence-electron chi connectivity index (χ3n) is 4.01. The van der Waals surface area contributed by atoms with Crippen molar-refractivity contribution in [2.45, 2.75) is 51.1 Å². The van der Waals surface area contributed by atoms with E-state index in [1.54, 1.807) is 6.08 Å². The maximum Gasteiger partial charge on any atom is 0.0879 e. The van der Waals surface area contributed by atoms with Gasteiger partial charge < -0.3 is 9.47 Å². The minimum Gasteiger partial charge on any atom is -0.371 e. The molecule has 1 aliphatic rings.